The zero-order valence-corrected chi connectivity index (χ0v) is 13.0. The Bertz CT molecular complexity index is 564. The Balaban J connectivity index is 6.02. The van der Waals surface area contributed by atoms with Crippen LogP contribution in [0.3, 0.4) is 0 Å². The van der Waals surface area contributed by atoms with Crippen molar-refractivity contribution in [3.8, 4) is 0 Å². The number of hydrogen-bond acceptors (Lipinski definition) is 3. The van der Waals surface area contributed by atoms with E-state index in [1.165, 1.54) is 0 Å². The van der Waals surface area contributed by atoms with Gasteiger partial charge >= 0.3 is 41.8 Å². The number of aliphatic hydroxyl groups excluding tert-OH is 1. The minimum Gasteiger partial charge on any atom is -0.460 e. The molecular weight excluding hydrogens is 439 g/mol. The molecular formula is C12H9F13O3. The summed E-state index contributed by atoms with van der Waals surface area (Å²) in [6.45, 7) is 1.18. The van der Waals surface area contributed by atoms with Crippen LogP contribution in [-0.2, 0) is 9.53 Å². The summed E-state index contributed by atoms with van der Waals surface area (Å²) in [5.41, 5.74) is -8.06. The molecule has 3 nitrogen and oxygen atoms in total. The Morgan fingerprint density at radius 2 is 1.25 bits per heavy atom. The highest BCUT2D eigenvalue weighted by atomic mass is 19.4. The van der Waals surface area contributed by atoms with Crippen LogP contribution in [0.2, 0.25) is 0 Å². The fourth-order valence-corrected chi connectivity index (χ4v) is 1.68. The molecule has 0 aromatic heterocycles. The lowest BCUT2D eigenvalue weighted by Gasteiger charge is -2.42. The number of alkyl halides is 13. The Labute approximate surface area is 146 Å². The van der Waals surface area contributed by atoms with Gasteiger partial charge in [0.1, 0.15) is 6.61 Å². The maximum atomic E-state index is 13.4. The van der Waals surface area contributed by atoms with Crippen LogP contribution in [-0.4, -0.2) is 59.6 Å². The maximum absolute atomic E-state index is 13.4. The fraction of sp³-hybridized carbons (Fsp3) is 0.750. The highest BCUT2D eigenvalue weighted by Gasteiger charge is 2.93. The van der Waals surface area contributed by atoms with Crippen molar-refractivity contribution in [2.45, 2.75) is 48.3 Å². The van der Waals surface area contributed by atoms with Crippen LogP contribution in [0.4, 0.5) is 57.1 Å². The second kappa shape index (κ2) is 7.59. The van der Waals surface area contributed by atoms with Crippen molar-refractivity contribution in [3.05, 3.63) is 12.7 Å². The lowest BCUT2D eigenvalue weighted by molar-refractivity contribution is -0.445. The van der Waals surface area contributed by atoms with Gasteiger partial charge in [-0.15, -0.1) is 0 Å². The second-order valence-electron chi connectivity index (χ2n) is 5.20. The van der Waals surface area contributed by atoms with Gasteiger partial charge in [-0.3, -0.25) is 0 Å². The third-order valence-corrected chi connectivity index (χ3v) is 3.14. The van der Waals surface area contributed by atoms with Gasteiger partial charge in [0, 0.05) is 12.5 Å². The van der Waals surface area contributed by atoms with E-state index in [0.717, 1.165) is 0 Å². The van der Waals surface area contributed by atoms with Crippen LogP contribution >= 0.6 is 0 Å². The first-order chi connectivity index (χ1) is 12.1. The summed E-state index contributed by atoms with van der Waals surface area (Å²) >= 11 is 0. The molecule has 166 valence electrons. The van der Waals surface area contributed by atoms with Crippen molar-refractivity contribution in [1.29, 1.82) is 0 Å². The van der Waals surface area contributed by atoms with Gasteiger partial charge < -0.3 is 9.84 Å². The number of esters is 1. The molecule has 16 heteroatoms. The molecule has 0 aromatic rings. The number of carbonyl (C=O) groups excluding carboxylic acids is 1. The van der Waals surface area contributed by atoms with Crippen molar-refractivity contribution >= 4 is 5.97 Å². The van der Waals surface area contributed by atoms with Gasteiger partial charge in [0.15, 0.2) is 0 Å². The molecule has 0 aliphatic carbocycles. The molecule has 0 rings (SSSR count). The first-order valence-corrected chi connectivity index (χ1v) is 6.53. The van der Waals surface area contributed by atoms with E-state index in [1.54, 1.807) is 0 Å². The predicted molar refractivity (Wildman–Crippen MR) is 62.6 cm³/mol. The van der Waals surface area contributed by atoms with Gasteiger partial charge in [0.25, 0.3) is 0 Å². The molecule has 0 radical (unpaired) electrons. The highest BCUT2D eigenvalue weighted by Crippen LogP contribution is 2.62. The lowest BCUT2D eigenvalue weighted by atomic mass is 9.86. The van der Waals surface area contributed by atoms with Gasteiger partial charge in [-0.1, -0.05) is 6.58 Å². The molecule has 0 bridgehead atoms. The summed E-state index contributed by atoms with van der Waals surface area (Å²) in [6.07, 6.45) is -21.0. The van der Waals surface area contributed by atoms with Crippen LogP contribution in [0.25, 0.3) is 0 Å². The van der Waals surface area contributed by atoms with Gasteiger partial charge in [0.2, 0.25) is 0 Å². The average molecular weight is 448 g/mol. The van der Waals surface area contributed by atoms with Crippen molar-refractivity contribution in [3.63, 3.8) is 0 Å². The predicted octanol–water partition coefficient (Wildman–Crippen LogP) is 4.21. The molecule has 0 fully saturated rings. The summed E-state index contributed by atoms with van der Waals surface area (Å²) in [7, 11) is 0. The van der Waals surface area contributed by atoms with E-state index in [4.69, 9.17) is 5.11 Å². The van der Waals surface area contributed by atoms with E-state index in [2.05, 4.69) is 11.3 Å². The van der Waals surface area contributed by atoms with E-state index in [0.29, 0.717) is 6.08 Å². The van der Waals surface area contributed by atoms with Crippen molar-refractivity contribution < 1.29 is 71.7 Å². The SMILES string of the molecule is C=CC(=O)OC[C@H](O)CC(F)(F)C(F)(F)C(F)(F)C(F)(C(F)(F)F)C(F)(F)F. The van der Waals surface area contributed by atoms with E-state index in [1.807, 2.05) is 0 Å². The Kier molecular flexibility index (Phi) is 7.12. The van der Waals surface area contributed by atoms with Gasteiger partial charge in [0.05, 0.1) is 6.10 Å². The third-order valence-electron chi connectivity index (χ3n) is 3.14. The average Bonchev–Trinajstić information content (AvgIpc) is 2.48. The quantitative estimate of drug-likeness (QED) is 0.344. The van der Waals surface area contributed by atoms with Gasteiger partial charge in [-0.25, -0.2) is 9.18 Å². The number of carbonyl (C=O) groups is 1. The minimum absolute atomic E-state index is 0.373. The lowest BCUT2D eigenvalue weighted by Crippen LogP contribution is -2.73. The van der Waals surface area contributed by atoms with E-state index in [9.17, 15) is 61.9 Å². The third kappa shape index (κ3) is 4.30. The first kappa shape index (κ1) is 26.3. The number of aliphatic hydroxyl groups is 1. The Morgan fingerprint density at radius 3 is 1.57 bits per heavy atom. The van der Waals surface area contributed by atoms with E-state index < -0.39 is 60.9 Å². The van der Waals surface area contributed by atoms with Crippen LogP contribution in [0.15, 0.2) is 12.7 Å². The molecule has 0 saturated carbocycles. The summed E-state index contributed by atoms with van der Waals surface area (Å²) in [4.78, 5) is 10.6. The highest BCUT2D eigenvalue weighted by molar-refractivity contribution is 5.81. The molecule has 0 spiro atoms. The first-order valence-electron chi connectivity index (χ1n) is 6.53. The molecule has 0 amide bonds. The van der Waals surface area contributed by atoms with Crippen LogP contribution < -0.4 is 0 Å². The van der Waals surface area contributed by atoms with Gasteiger partial charge in [-0.2, -0.15) is 52.7 Å². The summed E-state index contributed by atoms with van der Waals surface area (Å²) in [5, 5.41) is 8.97. The molecule has 0 aliphatic rings. The van der Waals surface area contributed by atoms with Crippen molar-refractivity contribution in [2.75, 3.05) is 6.61 Å². The molecule has 1 atom stereocenters. The number of halogens is 13. The van der Waals surface area contributed by atoms with Crippen molar-refractivity contribution in [1.82, 2.24) is 0 Å². The zero-order chi connectivity index (χ0) is 23.0. The van der Waals surface area contributed by atoms with Crippen LogP contribution in [0, 0.1) is 0 Å². The molecule has 0 aromatic carbocycles. The Hall–Kier alpha value is -1.74. The van der Waals surface area contributed by atoms with Gasteiger partial charge in [-0.05, 0) is 0 Å². The number of ether oxygens (including phenoxy) is 1. The monoisotopic (exact) mass is 448 g/mol. The molecule has 0 unspecified atom stereocenters. The second-order valence-corrected chi connectivity index (χ2v) is 5.20. The number of hydrogen-bond donors (Lipinski definition) is 1. The number of rotatable bonds is 8. The molecule has 28 heavy (non-hydrogen) atoms. The largest absolute Gasteiger partial charge is 0.460 e. The Morgan fingerprint density at radius 1 is 0.857 bits per heavy atom. The van der Waals surface area contributed by atoms with E-state index >= 15 is 0 Å². The maximum Gasteiger partial charge on any atom is 0.438 e. The zero-order valence-electron chi connectivity index (χ0n) is 13.0. The summed E-state index contributed by atoms with van der Waals surface area (Å²) < 4.78 is 171. The smallest absolute Gasteiger partial charge is 0.438 e. The molecule has 0 aliphatic heterocycles. The summed E-state index contributed by atoms with van der Waals surface area (Å²) in [5.74, 6) is -23.6. The van der Waals surface area contributed by atoms with Crippen LogP contribution in [0.1, 0.15) is 6.42 Å². The minimum atomic E-state index is -8.06. The molecule has 0 heterocycles. The van der Waals surface area contributed by atoms with E-state index in [-0.39, 0.29) is 0 Å². The fourth-order valence-electron chi connectivity index (χ4n) is 1.68. The molecule has 0 saturated heterocycles. The standard InChI is InChI=1S/C12H9F13O3/c1-2-6(27)28-4-5(26)3-7(13,14)9(16,17)10(18,19)8(15,11(20,21)22)12(23,24)25/h2,5,26H,1,3-4H2/t5-/m1/s1. The normalized spacial score (nSPS) is 15.9. The summed E-state index contributed by atoms with van der Waals surface area (Å²) in [6, 6.07) is 0. The topological polar surface area (TPSA) is 46.5 Å². The van der Waals surface area contributed by atoms with Crippen LogP contribution in [0.5, 0.6) is 0 Å². The molecule has 1 N–H and O–H groups in total. The van der Waals surface area contributed by atoms with Crippen molar-refractivity contribution in [2.24, 2.45) is 0 Å².